The highest BCUT2D eigenvalue weighted by Crippen LogP contribution is 2.37. The van der Waals surface area contributed by atoms with E-state index in [1.807, 2.05) is 30.3 Å². The first-order valence-corrected chi connectivity index (χ1v) is 14.5. The molecule has 0 unspecified atom stereocenters. The molecule has 214 valence electrons. The van der Waals surface area contributed by atoms with Crippen LogP contribution < -0.4 is 10.1 Å². The average molecular weight is 614 g/mol. The van der Waals surface area contributed by atoms with Crippen molar-refractivity contribution in [3.8, 4) is 11.9 Å². The minimum Gasteiger partial charge on any atom is -0.476 e. The van der Waals surface area contributed by atoms with E-state index >= 15 is 0 Å². The number of hydrogen-bond donors (Lipinski definition) is 1. The summed E-state index contributed by atoms with van der Waals surface area (Å²) in [6, 6.07) is 20.4. The van der Waals surface area contributed by atoms with Crippen molar-refractivity contribution in [2.24, 2.45) is 0 Å². The van der Waals surface area contributed by atoms with Crippen LogP contribution in [0.5, 0.6) is 5.75 Å². The highest BCUT2D eigenvalue weighted by Gasteiger charge is 2.44. The predicted molar refractivity (Wildman–Crippen MR) is 160 cm³/mol. The SMILES string of the molecule is CN(C(=O)[C@H](Cc1ccccc1)NC(=O)C1(Oc2ccc(Cl)cc2Cl)CCCCC1)N(C#N)Cc1ccc(Cl)cc1. The summed E-state index contributed by atoms with van der Waals surface area (Å²) >= 11 is 18.5. The molecule has 1 N–H and O–H groups in total. The Balaban J connectivity index is 1.59. The monoisotopic (exact) mass is 612 g/mol. The van der Waals surface area contributed by atoms with Crippen LogP contribution in [0.15, 0.2) is 72.8 Å². The van der Waals surface area contributed by atoms with Crippen molar-refractivity contribution >= 4 is 46.6 Å². The van der Waals surface area contributed by atoms with Crippen molar-refractivity contribution in [2.75, 3.05) is 7.05 Å². The molecule has 10 heteroatoms. The standard InChI is InChI=1S/C31H31Cl3N4O3/c1-37(38(21-35)20-23-10-12-24(32)13-11-23)29(39)27(18-22-8-4-2-5-9-22)36-30(40)31(16-6-3-7-17-31)41-28-15-14-25(33)19-26(28)34/h2,4-5,8-15,19,27H,3,6-7,16-18,20H2,1H3,(H,36,40)/t27-/m0/s1. The van der Waals surface area contributed by atoms with Gasteiger partial charge in [-0.05, 0) is 67.1 Å². The number of likely N-dealkylation sites (N-methyl/N-ethyl adjacent to an activating group) is 1. The van der Waals surface area contributed by atoms with Gasteiger partial charge in [-0.3, -0.25) is 9.59 Å². The lowest BCUT2D eigenvalue weighted by atomic mass is 9.83. The van der Waals surface area contributed by atoms with Crippen LogP contribution in [0.3, 0.4) is 0 Å². The summed E-state index contributed by atoms with van der Waals surface area (Å²) in [5, 5.41) is 16.7. The third-order valence-electron chi connectivity index (χ3n) is 7.20. The zero-order chi connectivity index (χ0) is 29.4. The van der Waals surface area contributed by atoms with E-state index in [4.69, 9.17) is 39.5 Å². The second-order valence-electron chi connectivity index (χ2n) is 10.1. The fourth-order valence-electron chi connectivity index (χ4n) is 4.92. The van der Waals surface area contributed by atoms with Crippen LogP contribution in [0, 0.1) is 11.5 Å². The maximum atomic E-state index is 14.0. The number of nitrogens with one attached hydrogen (secondary N) is 1. The van der Waals surface area contributed by atoms with Crippen molar-refractivity contribution in [3.05, 3.63) is 99.0 Å². The number of ether oxygens (including phenoxy) is 1. The molecule has 1 saturated carbocycles. The summed E-state index contributed by atoms with van der Waals surface area (Å²) < 4.78 is 6.34. The first kappa shape index (κ1) is 30.5. The van der Waals surface area contributed by atoms with E-state index in [-0.39, 0.29) is 13.0 Å². The number of rotatable bonds is 10. The molecular weight excluding hydrogens is 583 g/mol. The lowest BCUT2D eigenvalue weighted by Gasteiger charge is -2.38. The van der Waals surface area contributed by atoms with Crippen molar-refractivity contribution < 1.29 is 14.3 Å². The molecule has 0 bridgehead atoms. The first-order valence-electron chi connectivity index (χ1n) is 13.4. The van der Waals surface area contributed by atoms with Gasteiger partial charge in [-0.1, -0.05) is 83.7 Å². The number of nitriles is 1. The molecular formula is C31H31Cl3N4O3. The molecule has 1 atom stereocenters. The molecule has 3 aromatic rings. The van der Waals surface area contributed by atoms with Gasteiger partial charge in [0.2, 0.25) is 0 Å². The molecule has 0 aromatic heterocycles. The van der Waals surface area contributed by atoms with E-state index in [1.54, 1.807) is 42.5 Å². The Labute approximate surface area is 255 Å². The molecule has 0 spiro atoms. The van der Waals surface area contributed by atoms with Gasteiger partial charge in [0, 0.05) is 23.5 Å². The lowest BCUT2D eigenvalue weighted by molar-refractivity contribution is -0.149. The molecule has 0 heterocycles. The molecule has 7 nitrogen and oxygen atoms in total. The molecule has 0 aliphatic heterocycles. The predicted octanol–water partition coefficient (Wildman–Crippen LogP) is 6.81. The Kier molecular flexibility index (Phi) is 10.4. The Morgan fingerprint density at radius 3 is 2.24 bits per heavy atom. The minimum absolute atomic E-state index is 0.157. The smallest absolute Gasteiger partial charge is 0.264 e. The summed E-state index contributed by atoms with van der Waals surface area (Å²) in [6.07, 6.45) is 5.81. The fraction of sp³-hybridized carbons (Fsp3) is 0.323. The molecule has 0 radical (unpaired) electrons. The van der Waals surface area contributed by atoms with Crippen LogP contribution in [0.4, 0.5) is 0 Å². The molecule has 0 saturated heterocycles. The summed E-state index contributed by atoms with van der Waals surface area (Å²) in [7, 11) is 1.52. The van der Waals surface area contributed by atoms with Crippen molar-refractivity contribution in [2.45, 2.75) is 56.7 Å². The maximum absolute atomic E-state index is 14.0. The third kappa shape index (κ3) is 7.85. The summed E-state index contributed by atoms with van der Waals surface area (Å²) in [4.78, 5) is 27.9. The van der Waals surface area contributed by atoms with Gasteiger partial charge in [-0.15, -0.1) is 0 Å². The van der Waals surface area contributed by atoms with Crippen LogP contribution in [0.1, 0.15) is 43.2 Å². The topological polar surface area (TPSA) is 85.7 Å². The van der Waals surface area contributed by atoms with Gasteiger partial charge < -0.3 is 10.1 Å². The van der Waals surface area contributed by atoms with E-state index < -0.39 is 23.5 Å². The molecule has 4 rings (SSSR count). The fourth-order valence-corrected chi connectivity index (χ4v) is 5.50. The van der Waals surface area contributed by atoms with Crippen molar-refractivity contribution in [1.29, 1.82) is 5.26 Å². The molecule has 1 fully saturated rings. The van der Waals surface area contributed by atoms with Crippen LogP contribution >= 0.6 is 34.8 Å². The largest absolute Gasteiger partial charge is 0.476 e. The Hall–Kier alpha value is -3.44. The number of carbonyl (C=O) groups excluding carboxylic acids is 2. The Morgan fingerprint density at radius 1 is 0.951 bits per heavy atom. The van der Waals surface area contributed by atoms with E-state index in [0.717, 1.165) is 30.4 Å². The number of hydrogen-bond acceptors (Lipinski definition) is 5. The van der Waals surface area contributed by atoms with E-state index in [1.165, 1.54) is 17.1 Å². The number of benzene rings is 3. The van der Waals surface area contributed by atoms with Gasteiger partial charge in [0.25, 0.3) is 11.8 Å². The normalized spacial score (nSPS) is 14.8. The third-order valence-corrected chi connectivity index (χ3v) is 7.98. The van der Waals surface area contributed by atoms with Gasteiger partial charge in [0.15, 0.2) is 11.8 Å². The van der Waals surface area contributed by atoms with E-state index in [2.05, 4.69) is 11.5 Å². The van der Waals surface area contributed by atoms with E-state index in [0.29, 0.717) is 33.7 Å². The molecule has 1 aliphatic carbocycles. The summed E-state index contributed by atoms with van der Waals surface area (Å²) in [6.45, 7) is 0.157. The summed E-state index contributed by atoms with van der Waals surface area (Å²) in [5.74, 6) is -0.477. The first-order chi connectivity index (χ1) is 19.7. The van der Waals surface area contributed by atoms with Gasteiger partial charge >= 0.3 is 0 Å². The van der Waals surface area contributed by atoms with Crippen molar-refractivity contribution in [3.63, 3.8) is 0 Å². The number of hydrazine groups is 1. The molecule has 1 aliphatic rings. The maximum Gasteiger partial charge on any atom is 0.264 e. The quantitative estimate of drug-likeness (QED) is 0.154. The number of nitrogens with zero attached hydrogens (tertiary/aromatic N) is 3. The summed E-state index contributed by atoms with van der Waals surface area (Å²) in [5.41, 5.74) is 0.454. The highest BCUT2D eigenvalue weighted by atomic mass is 35.5. The van der Waals surface area contributed by atoms with Crippen LogP contribution in [0.25, 0.3) is 0 Å². The zero-order valence-corrected chi connectivity index (χ0v) is 24.9. The van der Waals surface area contributed by atoms with E-state index in [9.17, 15) is 14.9 Å². The van der Waals surface area contributed by atoms with Gasteiger partial charge in [0.05, 0.1) is 11.6 Å². The molecule has 2 amide bonds. The second kappa shape index (κ2) is 14.0. The number of carbonyl (C=O) groups is 2. The minimum atomic E-state index is -1.21. The van der Waals surface area contributed by atoms with Crippen molar-refractivity contribution in [1.82, 2.24) is 15.3 Å². The van der Waals surface area contributed by atoms with Crippen LogP contribution in [-0.4, -0.2) is 40.5 Å². The van der Waals surface area contributed by atoms with Gasteiger partial charge in [-0.25, -0.2) is 10.0 Å². The van der Waals surface area contributed by atoms with Crippen LogP contribution in [0.2, 0.25) is 15.1 Å². The zero-order valence-electron chi connectivity index (χ0n) is 22.7. The molecule has 41 heavy (non-hydrogen) atoms. The molecule has 3 aromatic carbocycles. The average Bonchev–Trinajstić information content (AvgIpc) is 2.98. The van der Waals surface area contributed by atoms with Gasteiger partial charge in [0.1, 0.15) is 11.8 Å². The van der Waals surface area contributed by atoms with Crippen LogP contribution in [-0.2, 0) is 22.6 Å². The Bertz CT molecular complexity index is 1390. The Morgan fingerprint density at radius 2 is 1.61 bits per heavy atom. The highest BCUT2D eigenvalue weighted by molar-refractivity contribution is 6.35. The second-order valence-corrected chi connectivity index (χ2v) is 11.4. The van der Waals surface area contributed by atoms with Gasteiger partial charge in [-0.2, -0.15) is 5.26 Å². The number of amides is 2. The number of halogens is 3. The lowest BCUT2D eigenvalue weighted by Crippen LogP contribution is -2.59.